The largest absolute Gasteiger partial charge is 0.497 e. The van der Waals surface area contributed by atoms with Crippen LogP contribution in [0.3, 0.4) is 0 Å². The molecule has 7 nitrogen and oxygen atoms in total. The quantitative estimate of drug-likeness (QED) is 0.566. The second kappa shape index (κ2) is 7.92. The maximum Gasteiger partial charge on any atom is 0.226 e. The Morgan fingerprint density at radius 1 is 1.09 bits per heavy atom. The Kier molecular flexibility index (Phi) is 5.16. The standard InChI is InChI=1S/C25H25ClN4O3/c1-25(2)12-18-21(19(31)13-25)22(17-11-16(32-3)9-10-20(17)33-4)30-24(27-18)28-23(29-30)14-5-7-15(26)8-6-14/h5-11,22H,12-13H2,1-4H3,(H,27,28,29). The molecular formula is C25H25ClN4O3. The number of nitrogens with zero attached hydrogens (tertiary/aromatic N) is 3. The van der Waals surface area contributed by atoms with Crippen LogP contribution in [-0.4, -0.2) is 34.8 Å². The second-order valence-corrected chi connectivity index (χ2v) is 9.62. The van der Waals surface area contributed by atoms with Gasteiger partial charge in [-0.25, -0.2) is 4.68 Å². The van der Waals surface area contributed by atoms with E-state index in [1.807, 2.05) is 42.5 Å². The molecule has 0 spiro atoms. The number of hydrogen-bond acceptors (Lipinski definition) is 6. The molecule has 33 heavy (non-hydrogen) atoms. The molecule has 1 N–H and O–H groups in total. The first-order valence-electron chi connectivity index (χ1n) is 10.8. The minimum Gasteiger partial charge on any atom is -0.497 e. The van der Waals surface area contributed by atoms with Gasteiger partial charge in [0.1, 0.15) is 17.5 Å². The van der Waals surface area contributed by atoms with Gasteiger partial charge in [0.2, 0.25) is 5.95 Å². The summed E-state index contributed by atoms with van der Waals surface area (Å²) >= 11 is 6.06. The zero-order valence-electron chi connectivity index (χ0n) is 19.0. The number of ketones is 1. The number of carbonyl (C=O) groups is 1. The number of fused-ring (bicyclic) bond motifs is 1. The first-order chi connectivity index (χ1) is 15.8. The van der Waals surface area contributed by atoms with Crippen LogP contribution in [0.1, 0.15) is 38.3 Å². The van der Waals surface area contributed by atoms with E-state index in [1.165, 1.54) is 0 Å². The number of aromatic nitrogens is 3. The number of methoxy groups -OCH3 is 2. The fourth-order valence-corrected chi connectivity index (χ4v) is 4.80. The maximum absolute atomic E-state index is 13.5. The molecule has 1 aromatic heterocycles. The van der Waals surface area contributed by atoms with E-state index in [0.717, 1.165) is 23.2 Å². The van der Waals surface area contributed by atoms with Gasteiger partial charge in [0, 0.05) is 33.8 Å². The fourth-order valence-electron chi connectivity index (χ4n) is 4.67. The highest BCUT2D eigenvalue weighted by Crippen LogP contribution is 2.47. The highest BCUT2D eigenvalue weighted by atomic mass is 35.5. The lowest BCUT2D eigenvalue weighted by Crippen LogP contribution is -2.36. The van der Waals surface area contributed by atoms with Crippen molar-refractivity contribution in [2.75, 3.05) is 19.5 Å². The van der Waals surface area contributed by atoms with E-state index in [2.05, 4.69) is 19.2 Å². The Morgan fingerprint density at radius 2 is 1.85 bits per heavy atom. The molecule has 1 unspecified atom stereocenters. The number of carbonyl (C=O) groups excluding carboxylic acids is 1. The van der Waals surface area contributed by atoms with Crippen LogP contribution < -0.4 is 14.8 Å². The smallest absolute Gasteiger partial charge is 0.226 e. The predicted octanol–water partition coefficient (Wildman–Crippen LogP) is 5.27. The second-order valence-electron chi connectivity index (χ2n) is 9.18. The number of rotatable bonds is 4. The van der Waals surface area contributed by atoms with Crippen molar-refractivity contribution in [1.82, 2.24) is 14.8 Å². The normalized spacial score (nSPS) is 18.9. The van der Waals surface area contributed by atoms with Gasteiger partial charge in [-0.2, -0.15) is 4.98 Å². The van der Waals surface area contributed by atoms with Crippen LogP contribution in [0.15, 0.2) is 53.7 Å². The minimum absolute atomic E-state index is 0.0952. The van der Waals surface area contributed by atoms with Crippen LogP contribution >= 0.6 is 11.6 Å². The summed E-state index contributed by atoms with van der Waals surface area (Å²) in [7, 11) is 3.24. The van der Waals surface area contributed by atoms with E-state index in [1.54, 1.807) is 18.9 Å². The third kappa shape index (κ3) is 3.76. The summed E-state index contributed by atoms with van der Waals surface area (Å²) in [6.07, 6.45) is 1.20. The molecule has 8 heteroatoms. The molecule has 2 aliphatic rings. The maximum atomic E-state index is 13.5. The molecule has 0 bridgehead atoms. The van der Waals surface area contributed by atoms with Gasteiger partial charge in [-0.3, -0.25) is 4.79 Å². The molecule has 1 aliphatic carbocycles. The van der Waals surface area contributed by atoms with E-state index in [9.17, 15) is 4.79 Å². The number of ether oxygens (including phenoxy) is 2. The first kappa shape index (κ1) is 21.5. The van der Waals surface area contributed by atoms with Crippen LogP contribution in [0, 0.1) is 5.41 Å². The SMILES string of the molecule is COc1ccc(OC)c(C2C3=C(CC(C)(C)CC3=O)Nc3nc(-c4ccc(Cl)cc4)nn32)c1. The van der Waals surface area contributed by atoms with Crippen molar-refractivity contribution in [3.8, 4) is 22.9 Å². The monoisotopic (exact) mass is 464 g/mol. The van der Waals surface area contributed by atoms with Crippen LogP contribution in [-0.2, 0) is 4.79 Å². The Hall–Kier alpha value is -3.32. The summed E-state index contributed by atoms with van der Waals surface area (Å²) in [5, 5.41) is 8.86. The van der Waals surface area contributed by atoms with Crippen molar-refractivity contribution in [3.63, 3.8) is 0 Å². The molecule has 0 fully saturated rings. The molecule has 0 saturated heterocycles. The van der Waals surface area contributed by atoms with Gasteiger partial charge in [0.15, 0.2) is 11.6 Å². The van der Waals surface area contributed by atoms with Crippen LogP contribution in [0.4, 0.5) is 5.95 Å². The average Bonchev–Trinajstić information content (AvgIpc) is 3.20. The van der Waals surface area contributed by atoms with Crippen molar-refractivity contribution in [1.29, 1.82) is 0 Å². The molecule has 0 radical (unpaired) electrons. The predicted molar refractivity (Wildman–Crippen MR) is 127 cm³/mol. The minimum atomic E-state index is -0.488. The summed E-state index contributed by atoms with van der Waals surface area (Å²) in [6.45, 7) is 4.21. The molecule has 1 atom stereocenters. The summed E-state index contributed by atoms with van der Waals surface area (Å²) in [5.74, 6) is 2.56. The number of allylic oxidation sites excluding steroid dienone is 2. The highest BCUT2D eigenvalue weighted by Gasteiger charge is 2.42. The Balaban J connectivity index is 1.72. The van der Waals surface area contributed by atoms with E-state index in [-0.39, 0.29) is 11.2 Å². The van der Waals surface area contributed by atoms with Gasteiger partial charge in [-0.15, -0.1) is 5.10 Å². The third-order valence-corrected chi connectivity index (χ3v) is 6.42. The summed E-state index contributed by atoms with van der Waals surface area (Å²) in [5.41, 5.74) is 3.07. The molecule has 5 rings (SSSR count). The summed E-state index contributed by atoms with van der Waals surface area (Å²) in [4.78, 5) is 18.2. The molecule has 0 amide bonds. The van der Waals surface area contributed by atoms with Crippen molar-refractivity contribution >= 4 is 23.3 Å². The number of halogens is 1. The number of hydrogen-bond donors (Lipinski definition) is 1. The van der Waals surface area contributed by atoms with Gasteiger partial charge in [0.25, 0.3) is 0 Å². The molecule has 3 aromatic rings. The molecule has 170 valence electrons. The van der Waals surface area contributed by atoms with Crippen LogP contribution in [0.2, 0.25) is 5.02 Å². The molecule has 2 heterocycles. The van der Waals surface area contributed by atoms with Gasteiger partial charge >= 0.3 is 0 Å². The molecular weight excluding hydrogens is 440 g/mol. The van der Waals surface area contributed by atoms with Crippen LogP contribution in [0.25, 0.3) is 11.4 Å². The van der Waals surface area contributed by atoms with E-state index >= 15 is 0 Å². The Labute approximate surface area is 197 Å². The van der Waals surface area contributed by atoms with E-state index in [0.29, 0.717) is 40.3 Å². The third-order valence-electron chi connectivity index (χ3n) is 6.17. The fraction of sp³-hybridized carbons (Fsp3) is 0.320. The van der Waals surface area contributed by atoms with Gasteiger partial charge in [-0.1, -0.05) is 25.4 Å². The van der Waals surface area contributed by atoms with Crippen LogP contribution in [0.5, 0.6) is 11.5 Å². The number of benzene rings is 2. The van der Waals surface area contributed by atoms with Gasteiger partial charge < -0.3 is 14.8 Å². The lowest BCUT2D eigenvalue weighted by Gasteiger charge is -2.38. The van der Waals surface area contributed by atoms with Crippen molar-refractivity contribution in [3.05, 3.63) is 64.3 Å². The Bertz CT molecular complexity index is 1280. The zero-order valence-corrected chi connectivity index (χ0v) is 19.7. The molecule has 2 aromatic carbocycles. The first-order valence-corrected chi connectivity index (χ1v) is 11.1. The average molecular weight is 465 g/mol. The van der Waals surface area contributed by atoms with Crippen molar-refractivity contribution in [2.24, 2.45) is 5.41 Å². The zero-order chi connectivity index (χ0) is 23.3. The number of nitrogens with one attached hydrogen (secondary N) is 1. The molecule has 1 aliphatic heterocycles. The topological polar surface area (TPSA) is 78.3 Å². The Morgan fingerprint density at radius 3 is 2.55 bits per heavy atom. The number of Topliss-reactive ketones (excluding diaryl/α,β-unsaturated/α-hetero) is 1. The van der Waals surface area contributed by atoms with E-state index < -0.39 is 6.04 Å². The number of anilines is 1. The van der Waals surface area contributed by atoms with Gasteiger partial charge in [0.05, 0.1) is 14.2 Å². The van der Waals surface area contributed by atoms with Crippen molar-refractivity contribution < 1.29 is 14.3 Å². The highest BCUT2D eigenvalue weighted by molar-refractivity contribution is 6.30. The van der Waals surface area contributed by atoms with E-state index in [4.69, 9.17) is 31.2 Å². The summed E-state index contributed by atoms with van der Waals surface area (Å²) in [6, 6.07) is 12.5. The lowest BCUT2D eigenvalue weighted by molar-refractivity contribution is -0.118. The van der Waals surface area contributed by atoms with Gasteiger partial charge in [-0.05, 0) is 54.3 Å². The van der Waals surface area contributed by atoms with Crippen molar-refractivity contribution in [2.45, 2.75) is 32.7 Å². The lowest BCUT2D eigenvalue weighted by atomic mass is 9.73. The molecule has 0 saturated carbocycles. The summed E-state index contributed by atoms with van der Waals surface area (Å²) < 4.78 is 12.9.